The largest absolute Gasteiger partial charge is 0.434 e. The molecule has 3 N–H and O–H groups in total. The number of aliphatic hydroxyl groups is 1. The van der Waals surface area contributed by atoms with E-state index in [1.54, 1.807) is 6.20 Å². The van der Waals surface area contributed by atoms with Gasteiger partial charge >= 0.3 is 5.97 Å². The van der Waals surface area contributed by atoms with Gasteiger partial charge in [-0.2, -0.15) is 0 Å². The Balaban J connectivity index is 1.33. The summed E-state index contributed by atoms with van der Waals surface area (Å²) in [5.41, 5.74) is 1.23. The normalized spacial score (nSPS) is 24.2. The van der Waals surface area contributed by atoms with Crippen molar-refractivity contribution in [3.63, 3.8) is 0 Å². The van der Waals surface area contributed by atoms with Crippen LogP contribution >= 0.6 is 0 Å². The predicted molar refractivity (Wildman–Crippen MR) is 141 cm³/mol. The molecule has 3 atom stereocenters. The number of carbonyl (C=O) groups is 4. The molecule has 0 spiro atoms. The van der Waals surface area contributed by atoms with Crippen LogP contribution in [0.2, 0.25) is 0 Å². The minimum Gasteiger partial charge on any atom is -0.434 e. The molecule has 1 aromatic carbocycles. The zero-order valence-electron chi connectivity index (χ0n) is 21.7. The number of aromatic nitrogens is 1. The Labute approximate surface area is 226 Å². The summed E-state index contributed by atoms with van der Waals surface area (Å²) in [5.74, 6) is -1.98. The van der Waals surface area contributed by atoms with Crippen LogP contribution in [0.25, 0.3) is 10.8 Å². The van der Waals surface area contributed by atoms with E-state index in [4.69, 9.17) is 4.74 Å². The number of rotatable bonds is 7. The van der Waals surface area contributed by atoms with Gasteiger partial charge in [0, 0.05) is 24.7 Å². The van der Waals surface area contributed by atoms with Gasteiger partial charge in [-0.3, -0.25) is 29.1 Å². The first kappa shape index (κ1) is 26.8. The third-order valence-corrected chi connectivity index (χ3v) is 7.38. The smallest absolute Gasteiger partial charge is 0.310 e. The molecule has 5 rings (SSSR count). The van der Waals surface area contributed by atoms with Crippen LogP contribution < -0.4 is 10.6 Å². The van der Waals surface area contributed by atoms with Crippen molar-refractivity contribution in [3.05, 3.63) is 53.9 Å². The van der Waals surface area contributed by atoms with E-state index in [-0.39, 0.29) is 31.1 Å². The van der Waals surface area contributed by atoms with Gasteiger partial charge in [-0.1, -0.05) is 36.8 Å². The number of pyridine rings is 1. The Morgan fingerprint density at radius 2 is 1.87 bits per heavy atom. The molecule has 3 amide bonds. The van der Waals surface area contributed by atoms with Crippen LogP contribution in [0.5, 0.6) is 0 Å². The van der Waals surface area contributed by atoms with Crippen LogP contribution in [0, 0.1) is 0 Å². The van der Waals surface area contributed by atoms with Crippen LogP contribution in [0.1, 0.15) is 42.6 Å². The first-order valence-corrected chi connectivity index (χ1v) is 13.4. The van der Waals surface area contributed by atoms with Gasteiger partial charge in [0.15, 0.2) is 0 Å². The Bertz CT molecular complexity index is 1280. The molecule has 2 saturated heterocycles. The van der Waals surface area contributed by atoms with Gasteiger partial charge in [0.2, 0.25) is 18.1 Å². The van der Waals surface area contributed by atoms with E-state index in [0.717, 1.165) is 36.9 Å². The van der Waals surface area contributed by atoms with Gasteiger partial charge in [0.25, 0.3) is 5.91 Å². The Morgan fingerprint density at radius 1 is 1.08 bits per heavy atom. The molecular formula is C28H33N5O6. The summed E-state index contributed by atoms with van der Waals surface area (Å²) in [6.07, 6.45) is 5.73. The molecule has 11 heteroatoms. The zero-order valence-corrected chi connectivity index (χ0v) is 21.7. The second-order valence-electron chi connectivity index (χ2n) is 10.3. The second-order valence-corrected chi connectivity index (χ2v) is 10.3. The maximum Gasteiger partial charge on any atom is 0.310 e. The highest BCUT2D eigenvalue weighted by Gasteiger charge is 2.36. The summed E-state index contributed by atoms with van der Waals surface area (Å²) in [4.78, 5) is 59.3. The maximum absolute atomic E-state index is 13.6. The number of esters is 1. The van der Waals surface area contributed by atoms with E-state index in [1.165, 1.54) is 11.3 Å². The molecular weight excluding hydrogens is 502 g/mol. The lowest BCUT2D eigenvalue weighted by Crippen LogP contribution is -2.52. The Hall–Kier alpha value is -3.83. The number of likely N-dealkylation sites (tertiary alicyclic amines) is 1. The molecule has 0 aliphatic carbocycles. The summed E-state index contributed by atoms with van der Waals surface area (Å²) in [6.45, 7) is 2.59. The lowest BCUT2D eigenvalue weighted by atomic mass is 10.1. The summed E-state index contributed by atoms with van der Waals surface area (Å²) in [6, 6.07) is 7.47. The van der Waals surface area contributed by atoms with Gasteiger partial charge < -0.3 is 25.4 Å². The highest BCUT2D eigenvalue weighted by Crippen LogP contribution is 2.20. The number of nitrogens with zero attached hydrogens (tertiary/aromatic N) is 3. The van der Waals surface area contributed by atoms with Crippen molar-refractivity contribution < 1.29 is 29.0 Å². The molecule has 1 aromatic heterocycles. The molecule has 3 aliphatic heterocycles. The van der Waals surface area contributed by atoms with Gasteiger partial charge in [-0.25, -0.2) is 0 Å². The summed E-state index contributed by atoms with van der Waals surface area (Å²) < 4.78 is 4.69. The minimum atomic E-state index is -1.42. The number of ether oxygens (including phenoxy) is 1. The van der Waals surface area contributed by atoms with Crippen molar-refractivity contribution in [1.29, 1.82) is 0 Å². The Kier molecular flexibility index (Phi) is 8.18. The fourth-order valence-corrected chi connectivity index (χ4v) is 5.39. The lowest BCUT2D eigenvalue weighted by molar-refractivity contribution is -0.155. The first-order chi connectivity index (χ1) is 18.9. The van der Waals surface area contributed by atoms with E-state index in [2.05, 4.69) is 20.5 Å². The molecule has 2 aromatic rings. The van der Waals surface area contributed by atoms with Crippen LogP contribution in [0.15, 0.2) is 48.2 Å². The number of nitrogens with one attached hydrogen (secondary N) is 2. The number of carbonyl (C=O) groups excluding carboxylic acids is 4. The average molecular weight is 536 g/mol. The molecule has 0 bridgehead atoms. The molecule has 0 radical (unpaired) electrons. The molecule has 2 fully saturated rings. The summed E-state index contributed by atoms with van der Waals surface area (Å²) in [7, 11) is 0. The van der Waals surface area contributed by atoms with Gasteiger partial charge in [-0.15, -0.1) is 0 Å². The van der Waals surface area contributed by atoms with Crippen molar-refractivity contribution >= 4 is 34.5 Å². The van der Waals surface area contributed by atoms with Gasteiger partial charge in [0.1, 0.15) is 17.8 Å². The highest BCUT2D eigenvalue weighted by atomic mass is 16.6. The number of piperidine rings is 1. The number of benzene rings is 1. The average Bonchev–Trinajstić information content (AvgIpc) is 3.18. The van der Waals surface area contributed by atoms with E-state index < -0.39 is 36.2 Å². The third-order valence-electron chi connectivity index (χ3n) is 7.38. The zero-order chi connectivity index (χ0) is 27.4. The lowest BCUT2D eigenvalue weighted by Gasteiger charge is -2.29. The maximum atomic E-state index is 13.6. The van der Waals surface area contributed by atoms with E-state index in [0.29, 0.717) is 18.4 Å². The molecule has 3 unspecified atom stereocenters. The quantitative estimate of drug-likeness (QED) is 0.348. The minimum absolute atomic E-state index is 0.141. The predicted octanol–water partition coefficient (Wildman–Crippen LogP) is 0.728. The molecule has 3 aliphatic rings. The molecule has 39 heavy (non-hydrogen) atoms. The van der Waals surface area contributed by atoms with Crippen LogP contribution in [-0.4, -0.2) is 94.7 Å². The summed E-state index contributed by atoms with van der Waals surface area (Å²) in [5, 5.41) is 16.8. The van der Waals surface area contributed by atoms with Crippen molar-refractivity contribution in [2.45, 2.75) is 50.5 Å². The highest BCUT2D eigenvalue weighted by molar-refractivity contribution is 6.06. The van der Waals surface area contributed by atoms with Crippen LogP contribution in [-0.2, 0) is 19.1 Å². The van der Waals surface area contributed by atoms with Crippen molar-refractivity contribution in [2.75, 3.05) is 32.7 Å². The van der Waals surface area contributed by atoms with Crippen molar-refractivity contribution in [1.82, 2.24) is 25.4 Å². The number of amides is 3. The Morgan fingerprint density at radius 3 is 2.64 bits per heavy atom. The molecule has 11 nitrogen and oxygen atoms in total. The molecule has 0 saturated carbocycles. The van der Waals surface area contributed by atoms with Crippen LogP contribution in [0.3, 0.4) is 0 Å². The number of fused-ring (bicyclic) bond motifs is 1. The van der Waals surface area contributed by atoms with Gasteiger partial charge in [0.05, 0.1) is 13.0 Å². The fraction of sp³-hybridized carbons (Fsp3) is 0.464. The van der Waals surface area contributed by atoms with Crippen LogP contribution in [0.4, 0.5) is 0 Å². The number of hydrogen-bond acceptors (Lipinski definition) is 8. The standard InChI is InChI=1S/C28H33N5O6/c34-23(30-22-14-24(35)39-28(22)38)17-33-16-18(15-32-12-4-1-5-13-32)8-9-21(27(33)37)31-26(36)25-20-7-3-2-6-19(20)10-11-29-25/h2-3,6-8,10-11,21-22,28,38H,1,4-5,9,12-17H2,(H,30,34)(H,31,36). The van der Waals surface area contributed by atoms with Crippen molar-refractivity contribution in [2.24, 2.45) is 0 Å². The summed E-state index contributed by atoms with van der Waals surface area (Å²) >= 11 is 0. The van der Waals surface area contributed by atoms with E-state index in [9.17, 15) is 24.3 Å². The third kappa shape index (κ3) is 6.43. The van der Waals surface area contributed by atoms with E-state index >= 15 is 0 Å². The number of aliphatic hydroxyl groups excluding tert-OH is 1. The van der Waals surface area contributed by atoms with Gasteiger partial charge in [-0.05, 0) is 49.4 Å². The number of cyclic esters (lactones) is 1. The SMILES string of the molecule is O=C(CN1CC(CN2CCCCC2)=CCC(NC(=O)c2nccc3ccccc23)C1=O)NC1CC(=O)OC1O. The number of hydrogen-bond donors (Lipinski definition) is 3. The topological polar surface area (TPSA) is 141 Å². The monoisotopic (exact) mass is 535 g/mol. The van der Waals surface area contributed by atoms with Crippen molar-refractivity contribution in [3.8, 4) is 0 Å². The van der Waals surface area contributed by atoms with E-state index in [1.807, 2.05) is 36.4 Å². The molecule has 206 valence electrons. The fourth-order valence-electron chi connectivity index (χ4n) is 5.39. The second kappa shape index (κ2) is 11.9. The molecule has 4 heterocycles. The first-order valence-electron chi connectivity index (χ1n) is 13.4.